The Labute approximate surface area is 112 Å². The van der Waals surface area contributed by atoms with E-state index in [1.807, 2.05) is 6.07 Å². The highest BCUT2D eigenvalue weighted by Gasteiger charge is 2.24. The number of alkyl halides is 2. The van der Waals surface area contributed by atoms with Crippen LogP contribution in [0.15, 0.2) is 24.3 Å². The molecule has 1 atom stereocenters. The third-order valence-electron chi connectivity index (χ3n) is 3.41. The number of anilines is 1. The highest BCUT2D eigenvalue weighted by atomic mass is 19.3. The molecule has 0 amide bonds. The minimum absolute atomic E-state index is 0.209. The van der Waals surface area contributed by atoms with Crippen molar-refractivity contribution in [1.29, 1.82) is 0 Å². The van der Waals surface area contributed by atoms with Crippen LogP contribution in [0.3, 0.4) is 0 Å². The van der Waals surface area contributed by atoms with E-state index in [0.717, 1.165) is 19.5 Å². The fraction of sp³-hybridized carbons (Fsp3) is 0.571. The van der Waals surface area contributed by atoms with Crippen LogP contribution in [0, 0.1) is 0 Å². The van der Waals surface area contributed by atoms with E-state index < -0.39 is 6.61 Å². The first-order valence-electron chi connectivity index (χ1n) is 6.60. The molecule has 1 aliphatic rings. The highest BCUT2D eigenvalue weighted by Crippen LogP contribution is 2.27. The molecule has 1 saturated heterocycles. The number of halogens is 2. The number of rotatable bonds is 5. The summed E-state index contributed by atoms with van der Waals surface area (Å²) in [5, 5.41) is 3.30. The van der Waals surface area contributed by atoms with Crippen LogP contribution in [0.5, 0.6) is 5.75 Å². The van der Waals surface area contributed by atoms with Gasteiger partial charge in [0.15, 0.2) is 0 Å². The maximum absolute atomic E-state index is 12.3. The zero-order chi connectivity index (χ0) is 13.8. The molecule has 19 heavy (non-hydrogen) atoms. The van der Waals surface area contributed by atoms with Crippen LogP contribution in [0.4, 0.5) is 14.5 Å². The average molecular weight is 270 g/mol. The summed E-state index contributed by atoms with van der Waals surface area (Å²) in [6.07, 6.45) is 1.02. The average Bonchev–Trinajstić information content (AvgIpc) is 2.80. The number of benzene rings is 1. The van der Waals surface area contributed by atoms with Crippen LogP contribution in [0.2, 0.25) is 0 Å². The Kier molecular flexibility index (Phi) is 4.58. The van der Waals surface area contributed by atoms with Gasteiger partial charge in [0.2, 0.25) is 0 Å². The lowest BCUT2D eigenvalue weighted by atomic mass is 10.2. The predicted molar refractivity (Wildman–Crippen MR) is 71.8 cm³/mol. The second-order valence-corrected chi connectivity index (χ2v) is 5.09. The van der Waals surface area contributed by atoms with Gasteiger partial charge in [-0.05, 0) is 32.4 Å². The van der Waals surface area contributed by atoms with Gasteiger partial charge in [-0.3, -0.25) is 4.90 Å². The quantitative estimate of drug-likeness (QED) is 0.889. The summed E-state index contributed by atoms with van der Waals surface area (Å²) < 4.78 is 29.2. The Morgan fingerprint density at radius 2 is 2.05 bits per heavy atom. The molecule has 106 valence electrons. The van der Waals surface area contributed by atoms with E-state index in [9.17, 15) is 8.78 Å². The highest BCUT2D eigenvalue weighted by molar-refractivity contribution is 5.56. The summed E-state index contributed by atoms with van der Waals surface area (Å²) >= 11 is 0. The molecule has 0 bridgehead atoms. The molecule has 1 aliphatic heterocycles. The van der Waals surface area contributed by atoms with Gasteiger partial charge in [0, 0.05) is 25.2 Å². The van der Waals surface area contributed by atoms with Gasteiger partial charge < -0.3 is 10.1 Å². The standard InChI is InChI=1S/C14H20F2N2O/c1-10(2)18-8-7-11(9-18)17-12-5-3-4-6-13(12)19-14(15)16/h3-6,10-11,14,17H,7-9H2,1-2H3. The van der Waals surface area contributed by atoms with Crippen molar-refractivity contribution in [2.75, 3.05) is 18.4 Å². The van der Waals surface area contributed by atoms with Crippen LogP contribution < -0.4 is 10.1 Å². The van der Waals surface area contributed by atoms with Crippen LogP contribution in [0.25, 0.3) is 0 Å². The molecule has 0 saturated carbocycles. The molecule has 1 heterocycles. The number of nitrogens with one attached hydrogen (secondary N) is 1. The summed E-state index contributed by atoms with van der Waals surface area (Å²) in [5.41, 5.74) is 0.637. The van der Waals surface area contributed by atoms with Crippen molar-refractivity contribution in [2.24, 2.45) is 0 Å². The summed E-state index contributed by atoms with van der Waals surface area (Å²) in [5.74, 6) is 0.209. The van der Waals surface area contributed by atoms with E-state index in [2.05, 4.69) is 28.8 Å². The Balaban J connectivity index is 2.00. The SMILES string of the molecule is CC(C)N1CCC(Nc2ccccc2OC(F)F)C1. The third kappa shape index (κ3) is 3.80. The van der Waals surface area contributed by atoms with Crippen molar-refractivity contribution in [2.45, 2.75) is 39.0 Å². The summed E-state index contributed by atoms with van der Waals surface area (Å²) in [6.45, 7) is 3.50. The topological polar surface area (TPSA) is 24.5 Å². The zero-order valence-electron chi connectivity index (χ0n) is 11.3. The van der Waals surface area contributed by atoms with Crippen LogP contribution >= 0.6 is 0 Å². The lowest BCUT2D eigenvalue weighted by molar-refractivity contribution is -0.0493. The normalized spacial score (nSPS) is 20.2. The zero-order valence-corrected chi connectivity index (χ0v) is 11.3. The molecule has 1 aromatic carbocycles. The van der Waals surface area contributed by atoms with E-state index in [1.54, 1.807) is 18.2 Å². The first-order valence-corrected chi connectivity index (χ1v) is 6.60. The fourth-order valence-corrected chi connectivity index (χ4v) is 2.38. The van der Waals surface area contributed by atoms with E-state index in [4.69, 9.17) is 0 Å². The van der Waals surface area contributed by atoms with Gasteiger partial charge in [-0.2, -0.15) is 8.78 Å². The second-order valence-electron chi connectivity index (χ2n) is 5.09. The fourth-order valence-electron chi connectivity index (χ4n) is 2.38. The molecular weight excluding hydrogens is 250 g/mol. The van der Waals surface area contributed by atoms with Crippen LogP contribution in [-0.2, 0) is 0 Å². The number of likely N-dealkylation sites (tertiary alicyclic amines) is 1. The van der Waals surface area contributed by atoms with Crippen molar-refractivity contribution in [3.05, 3.63) is 24.3 Å². The van der Waals surface area contributed by atoms with E-state index in [1.165, 1.54) is 0 Å². The Morgan fingerprint density at radius 3 is 2.68 bits per heavy atom. The Morgan fingerprint density at radius 1 is 1.32 bits per heavy atom. The van der Waals surface area contributed by atoms with E-state index in [-0.39, 0.29) is 11.8 Å². The van der Waals surface area contributed by atoms with Gasteiger partial charge >= 0.3 is 6.61 Å². The molecule has 1 fully saturated rings. The largest absolute Gasteiger partial charge is 0.433 e. The summed E-state index contributed by atoms with van der Waals surface area (Å²) in [4.78, 5) is 2.37. The van der Waals surface area contributed by atoms with Crippen molar-refractivity contribution < 1.29 is 13.5 Å². The number of para-hydroxylation sites is 2. The molecule has 0 radical (unpaired) electrons. The minimum Gasteiger partial charge on any atom is -0.433 e. The molecule has 1 unspecified atom stereocenters. The number of nitrogens with zero attached hydrogens (tertiary/aromatic N) is 1. The van der Waals surface area contributed by atoms with Crippen molar-refractivity contribution in [3.8, 4) is 5.75 Å². The molecule has 3 nitrogen and oxygen atoms in total. The number of hydrogen-bond donors (Lipinski definition) is 1. The first-order chi connectivity index (χ1) is 9.06. The van der Waals surface area contributed by atoms with Crippen LogP contribution in [-0.4, -0.2) is 36.7 Å². The summed E-state index contributed by atoms with van der Waals surface area (Å²) in [7, 11) is 0. The third-order valence-corrected chi connectivity index (χ3v) is 3.41. The maximum atomic E-state index is 12.3. The smallest absolute Gasteiger partial charge is 0.387 e. The molecule has 0 aliphatic carbocycles. The van der Waals surface area contributed by atoms with E-state index in [0.29, 0.717) is 11.7 Å². The van der Waals surface area contributed by atoms with Gasteiger partial charge in [0.1, 0.15) is 5.75 Å². The van der Waals surface area contributed by atoms with E-state index >= 15 is 0 Å². The molecule has 0 spiro atoms. The van der Waals surface area contributed by atoms with Crippen molar-refractivity contribution in [3.63, 3.8) is 0 Å². The van der Waals surface area contributed by atoms with Gasteiger partial charge in [0.25, 0.3) is 0 Å². The van der Waals surface area contributed by atoms with Gasteiger partial charge in [-0.25, -0.2) is 0 Å². The minimum atomic E-state index is -2.79. The Hall–Kier alpha value is -1.36. The molecule has 5 heteroatoms. The molecule has 1 N–H and O–H groups in total. The van der Waals surface area contributed by atoms with Gasteiger partial charge in [-0.1, -0.05) is 12.1 Å². The lowest BCUT2D eigenvalue weighted by Crippen LogP contribution is -2.31. The molecule has 1 aromatic rings. The number of hydrogen-bond acceptors (Lipinski definition) is 3. The molecule has 0 aromatic heterocycles. The molecule has 2 rings (SSSR count). The van der Waals surface area contributed by atoms with Gasteiger partial charge in [-0.15, -0.1) is 0 Å². The van der Waals surface area contributed by atoms with Crippen molar-refractivity contribution >= 4 is 5.69 Å². The predicted octanol–water partition coefficient (Wildman–Crippen LogP) is 3.18. The Bertz CT molecular complexity index is 412. The van der Waals surface area contributed by atoms with Crippen molar-refractivity contribution in [1.82, 2.24) is 4.90 Å². The van der Waals surface area contributed by atoms with Gasteiger partial charge in [0.05, 0.1) is 5.69 Å². The van der Waals surface area contributed by atoms with Crippen LogP contribution in [0.1, 0.15) is 20.3 Å². The summed E-state index contributed by atoms with van der Waals surface area (Å²) in [6, 6.07) is 7.64. The number of ether oxygens (including phenoxy) is 1. The first kappa shape index (κ1) is 14.1. The maximum Gasteiger partial charge on any atom is 0.387 e. The monoisotopic (exact) mass is 270 g/mol. The second kappa shape index (κ2) is 6.19. The lowest BCUT2D eigenvalue weighted by Gasteiger charge is -2.21. The molecular formula is C14H20F2N2O.